The van der Waals surface area contributed by atoms with E-state index in [2.05, 4.69) is 5.32 Å². The van der Waals surface area contributed by atoms with Crippen LogP contribution in [0.25, 0.3) is 0 Å². The molecule has 2 rings (SSSR count). The minimum atomic E-state index is -0.459. The number of carbonyl (C=O) groups excluding carboxylic acids is 1. The van der Waals surface area contributed by atoms with E-state index in [1.807, 2.05) is 0 Å². The van der Waals surface area contributed by atoms with Gasteiger partial charge in [-0.1, -0.05) is 11.6 Å². The third-order valence-electron chi connectivity index (χ3n) is 2.33. The summed E-state index contributed by atoms with van der Waals surface area (Å²) in [5.41, 5.74) is 5.82. The number of rotatable bonds is 2. The molecule has 3 N–H and O–H groups in total. The van der Waals surface area contributed by atoms with E-state index in [1.165, 1.54) is 12.1 Å². The van der Waals surface area contributed by atoms with Crippen LogP contribution in [0.1, 0.15) is 16.8 Å². The molecule has 15 heavy (non-hydrogen) atoms. The third-order valence-corrected chi connectivity index (χ3v) is 2.64. The molecule has 80 valence electrons. The zero-order valence-electron chi connectivity index (χ0n) is 7.84. The Labute approximate surface area is 91.4 Å². The lowest BCUT2D eigenvalue weighted by Crippen LogP contribution is -2.29. The molecular weight excluding hydrogens is 219 g/mol. The number of carbonyl (C=O) groups is 1. The van der Waals surface area contributed by atoms with E-state index in [0.717, 1.165) is 12.5 Å². The first-order chi connectivity index (χ1) is 7.08. The number of amides is 1. The summed E-state index contributed by atoms with van der Waals surface area (Å²) in [6.45, 7) is 0. The fraction of sp³-hybridized carbons (Fsp3) is 0.300. The maximum atomic E-state index is 12.7. The molecule has 1 aromatic rings. The minimum Gasteiger partial charge on any atom is -0.348 e. The summed E-state index contributed by atoms with van der Waals surface area (Å²) in [5.74, 6) is -0.766. The molecule has 0 aromatic heterocycles. The van der Waals surface area contributed by atoms with Crippen molar-refractivity contribution >= 4 is 17.5 Å². The summed E-state index contributed by atoms with van der Waals surface area (Å²) in [7, 11) is 0. The molecule has 0 saturated heterocycles. The summed E-state index contributed by atoms with van der Waals surface area (Å²) in [6, 6.07) is 3.74. The lowest BCUT2D eigenvalue weighted by molar-refractivity contribution is 0.0950. The molecule has 0 heterocycles. The number of benzene rings is 1. The fourth-order valence-corrected chi connectivity index (χ4v) is 1.55. The number of nitrogens with one attached hydrogen (secondary N) is 1. The van der Waals surface area contributed by atoms with Crippen LogP contribution in [0.5, 0.6) is 0 Å². The maximum Gasteiger partial charge on any atom is 0.253 e. The van der Waals surface area contributed by atoms with Crippen LogP contribution in [0.3, 0.4) is 0 Å². The van der Waals surface area contributed by atoms with Gasteiger partial charge >= 0.3 is 0 Å². The maximum absolute atomic E-state index is 12.7. The van der Waals surface area contributed by atoms with E-state index in [-0.39, 0.29) is 28.6 Å². The second-order valence-corrected chi connectivity index (χ2v) is 4.01. The topological polar surface area (TPSA) is 55.1 Å². The lowest BCUT2D eigenvalue weighted by atomic mass is 10.2. The van der Waals surface area contributed by atoms with Gasteiger partial charge in [0, 0.05) is 12.1 Å². The monoisotopic (exact) mass is 228 g/mol. The molecular formula is C10H10ClFN2O. The Kier molecular flexibility index (Phi) is 2.63. The Morgan fingerprint density at radius 3 is 2.80 bits per heavy atom. The molecule has 0 radical (unpaired) electrons. The highest BCUT2D eigenvalue weighted by molar-refractivity contribution is 6.33. The number of halogens is 2. The first-order valence-corrected chi connectivity index (χ1v) is 4.97. The molecule has 2 atom stereocenters. The molecule has 2 unspecified atom stereocenters. The molecule has 1 aliphatic rings. The Balaban J connectivity index is 2.11. The summed E-state index contributed by atoms with van der Waals surface area (Å²) in [4.78, 5) is 11.6. The highest BCUT2D eigenvalue weighted by Crippen LogP contribution is 2.21. The van der Waals surface area contributed by atoms with Crippen LogP contribution in [0, 0.1) is 5.82 Å². The summed E-state index contributed by atoms with van der Waals surface area (Å²) >= 11 is 5.73. The van der Waals surface area contributed by atoms with Gasteiger partial charge in [0.15, 0.2) is 0 Å². The largest absolute Gasteiger partial charge is 0.348 e. The smallest absolute Gasteiger partial charge is 0.253 e. The molecule has 1 aliphatic carbocycles. The van der Waals surface area contributed by atoms with Crippen molar-refractivity contribution in [2.24, 2.45) is 5.73 Å². The zero-order valence-corrected chi connectivity index (χ0v) is 8.59. The van der Waals surface area contributed by atoms with Gasteiger partial charge in [-0.3, -0.25) is 4.79 Å². The van der Waals surface area contributed by atoms with E-state index in [4.69, 9.17) is 17.3 Å². The van der Waals surface area contributed by atoms with E-state index >= 15 is 0 Å². The number of nitrogens with two attached hydrogens (primary N) is 1. The first-order valence-electron chi connectivity index (χ1n) is 4.59. The average molecular weight is 229 g/mol. The summed E-state index contributed by atoms with van der Waals surface area (Å²) in [6.07, 6.45) is 0.782. The van der Waals surface area contributed by atoms with Crippen molar-refractivity contribution in [2.75, 3.05) is 0 Å². The Morgan fingerprint density at radius 2 is 2.27 bits per heavy atom. The minimum absolute atomic E-state index is 0.0265. The van der Waals surface area contributed by atoms with Crippen molar-refractivity contribution in [3.8, 4) is 0 Å². The number of hydrogen-bond donors (Lipinski definition) is 2. The van der Waals surface area contributed by atoms with Gasteiger partial charge in [-0.05, 0) is 24.6 Å². The summed E-state index contributed by atoms with van der Waals surface area (Å²) in [5, 5.41) is 2.82. The second-order valence-electron chi connectivity index (χ2n) is 3.60. The SMILES string of the molecule is NC1CC1NC(=O)c1ccc(F)cc1Cl. The van der Waals surface area contributed by atoms with Gasteiger partial charge in [0.25, 0.3) is 5.91 Å². The Bertz CT molecular complexity index is 410. The van der Waals surface area contributed by atoms with Gasteiger partial charge in [-0.15, -0.1) is 0 Å². The van der Waals surface area contributed by atoms with Gasteiger partial charge in [0.2, 0.25) is 0 Å². The van der Waals surface area contributed by atoms with Crippen LogP contribution < -0.4 is 11.1 Å². The van der Waals surface area contributed by atoms with E-state index in [1.54, 1.807) is 0 Å². The predicted molar refractivity (Wildman–Crippen MR) is 55.3 cm³/mol. The zero-order chi connectivity index (χ0) is 11.0. The van der Waals surface area contributed by atoms with Crippen LogP contribution in [0.4, 0.5) is 4.39 Å². The lowest BCUT2D eigenvalue weighted by Gasteiger charge is -2.05. The van der Waals surface area contributed by atoms with Crippen molar-refractivity contribution in [2.45, 2.75) is 18.5 Å². The molecule has 1 aromatic carbocycles. The van der Waals surface area contributed by atoms with Crippen molar-refractivity contribution in [1.82, 2.24) is 5.32 Å². The Hall–Kier alpha value is -1.13. The van der Waals surface area contributed by atoms with Crippen molar-refractivity contribution in [3.05, 3.63) is 34.6 Å². The van der Waals surface area contributed by atoms with Gasteiger partial charge in [-0.2, -0.15) is 0 Å². The van der Waals surface area contributed by atoms with Crippen LogP contribution in [-0.4, -0.2) is 18.0 Å². The highest BCUT2D eigenvalue weighted by Gasteiger charge is 2.35. The third kappa shape index (κ3) is 2.27. The second kappa shape index (κ2) is 3.79. The molecule has 1 fully saturated rings. The molecule has 3 nitrogen and oxygen atoms in total. The summed E-state index contributed by atoms with van der Waals surface area (Å²) < 4.78 is 12.7. The molecule has 1 saturated carbocycles. The Morgan fingerprint density at radius 1 is 1.60 bits per heavy atom. The van der Waals surface area contributed by atoms with Gasteiger partial charge in [0.05, 0.1) is 10.6 Å². The average Bonchev–Trinajstić information content (AvgIpc) is 2.81. The van der Waals surface area contributed by atoms with Gasteiger partial charge in [-0.25, -0.2) is 4.39 Å². The van der Waals surface area contributed by atoms with Gasteiger partial charge in [0.1, 0.15) is 5.82 Å². The van der Waals surface area contributed by atoms with Crippen molar-refractivity contribution < 1.29 is 9.18 Å². The van der Waals surface area contributed by atoms with Crippen LogP contribution >= 0.6 is 11.6 Å². The predicted octanol–water partition coefficient (Wildman–Crippen LogP) is 1.31. The van der Waals surface area contributed by atoms with Crippen LogP contribution in [0.2, 0.25) is 5.02 Å². The number of hydrogen-bond acceptors (Lipinski definition) is 2. The van der Waals surface area contributed by atoms with E-state index in [9.17, 15) is 9.18 Å². The fourth-order valence-electron chi connectivity index (χ4n) is 1.30. The first kappa shape index (κ1) is 10.4. The molecule has 0 aliphatic heterocycles. The molecule has 0 spiro atoms. The van der Waals surface area contributed by atoms with E-state index in [0.29, 0.717) is 0 Å². The normalized spacial score (nSPS) is 23.7. The highest BCUT2D eigenvalue weighted by atomic mass is 35.5. The van der Waals surface area contributed by atoms with Crippen molar-refractivity contribution in [3.63, 3.8) is 0 Å². The molecule has 0 bridgehead atoms. The van der Waals surface area contributed by atoms with Crippen LogP contribution in [-0.2, 0) is 0 Å². The van der Waals surface area contributed by atoms with Crippen LogP contribution in [0.15, 0.2) is 18.2 Å². The van der Waals surface area contributed by atoms with E-state index < -0.39 is 5.82 Å². The van der Waals surface area contributed by atoms with Gasteiger partial charge < -0.3 is 11.1 Å². The standard InChI is InChI=1S/C10H10ClFN2O/c11-7-3-5(12)1-2-6(7)10(15)14-9-4-8(9)13/h1-3,8-9H,4,13H2,(H,14,15). The quantitative estimate of drug-likeness (QED) is 0.802. The molecule has 1 amide bonds. The molecule has 5 heteroatoms. The van der Waals surface area contributed by atoms with Crippen molar-refractivity contribution in [1.29, 1.82) is 0 Å².